The normalized spacial score (nSPS) is 22.2. The largest absolute Gasteiger partial charge is 0.497 e. The van der Waals surface area contributed by atoms with Crippen LogP contribution in [-0.2, 0) is 32.9 Å². The fourth-order valence-corrected chi connectivity index (χ4v) is 12.9. The molecule has 11 nitrogen and oxygen atoms in total. The van der Waals surface area contributed by atoms with Gasteiger partial charge in [0, 0.05) is 48.6 Å². The maximum absolute atomic E-state index is 15.4. The number of ether oxygens (including phenoxy) is 3. The summed E-state index contributed by atoms with van der Waals surface area (Å²) in [5.41, 5.74) is 2.90. The maximum atomic E-state index is 15.4. The second-order valence-corrected chi connectivity index (χ2v) is 19.2. The van der Waals surface area contributed by atoms with Crippen LogP contribution in [0.25, 0.3) is 0 Å². The van der Waals surface area contributed by atoms with E-state index in [9.17, 15) is 9.90 Å². The Bertz CT molecular complexity index is 2160. The first kappa shape index (κ1) is 34.8. The number of aromatic nitrogens is 3. The molecule has 1 saturated heterocycles. The highest BCUT2D eigenvalue weighted by Crippen LogP contribution is 2.61. The molecule has 1 fully saturated rings. The summed E-state index contributed by atoms with van der Waals surface area (Å²) in [6.07, 6.45) is 2.57. The molecule has 3 aliphatic rings. The number of aliphatic hydroxyl groups is 1. The van der Waals surface area contributed by atoms with E-state index < -0.39 is 13.7 Å². The van der Waals surface area contributed by atoms with Crippen LogP contribution in [0.4, 0.5) is 22.7 Å². The maximum Gasteiger partial charge on any atom is 0.269 e. The molecule has 1 N–H and O–H groups in total. The van der Waals surface area contributed by atoms with Gasteiger partial charge in [-0.3, -0.25) is 24.1 Å². The number of hydrogen-bond acceptors (Lipinski definition) is 8. The standard InChI is InChI=1S/C41H43N5O6Si/c1-27-39(53(3,4)32-17-15-31(50-2)16-18-32)37(20-22-44-25-28(21-23-47)42-43-44)52-41(27)33-24-30(45-35-12-8-9-13-36(35)51-26-38(45)48)14-19-34(33)46(40(41)49)29-10-6-5-7-11-29/h5-19,24-25,27,37,39,47H,20-23,26H2,1-4H3/t27-,37+,39-,41+/m1/s1. The molecular weight excluding hydrogens is 687 g/mol. The quantitative estimate of drug-likeness (QED) is 0.178. The minimum atomic E-state index is -2.41. The molecule has 272 valence electrons. The number of carbonyl (C=O) groups excluding carboxylic acids is 2. The van der Waals surface area contributed by atoms with Gasteiger partial charge in [-0.1, -0.05) is 72.9 Å². The number of amides is 2. The van der Waals surface area contributed by atoms with Gasteiger partial charge in [-0.2, -0.15) is 0 Å². The van der Waals surface area contributed by atoms with E-state index >= 15 is 4.79 Å². The molecule has 12 heteroatoms. The zero-order valence-electron chi connectivity index (χ0n) is 30.3. The molecule has 4 heterocycles. The lowest BCUT2D eigenvalue weighted by molar-refractivity contribution is -0.145. The topological polar surface area (TPSA) is 119 Å². The summed E-state index contributed by atoms with van der Waals surface area (Å²) >= 11 is 0. The molecule has 1 spiro atoms. The summed E-state index contributed by atoms with van der Waals surface area (Å²) in [7, 11) is -0.749. The molecule has 0 bridgehead atoms. The van der Waals surface area contributed by atoms with Crippen molar-refractivity contribution < 1.29 is 28.9 Å². The molecular formula is C41H43N5O6Si. The van der Waals surface area contributed by atoms with Crippen LogP contribution in [0, 0.1) is 5.92 Å². The Hall–Kier alpha value is -5.30. The van der Waals surface area contributed by atoms with Gasteiger partial charge in [-0.05, 0) is 66.6 Å². The minimum absolute atomic E-state index is 0.00162. The molecule has 2 amide bonds. The summed E-state index contributed by atoms with van der Waals surface area (Å²) < 4.78 is 20.5. The van der Waals surface area contributed by atoms with Gasteiger partial charge in [0.25, 0.3) is 11.8 Å². The van der Waals surface area contributed by atoms with E-state index in [0.717, 1.165) is 28.4 Å². The average Bonchev–Trinajstić information content (AvgIpc) is 3.83. The molecule has 0 unspecified atom stereocenters. The molecule has 4 atom stereocenters. The van der Waals surface area contributed by atoms with Gasteiger partial charge in [0.2, 0.25) is 0 Å². The Balaban J connectivity index is 1.27. The van der Waals surface area contributed by atoms with Crippen LogP contribution in [0.1, 0.15) is 24.6 Å². The van der Waals surface area contributed by atoms with Crippen molar-refractivity contribution >= 4 is 47.8 Å². The third-order valence-corrected chi connectivity index (χ3v) is 15.7. The van der Waals surface area contributed by atoms with Crippen molar-refractivity contribution in [2.45, 2.75) is 56.7 Å². The van der Waals surface area contributed by atoms with E-state index in [1.54, 1.807) is 21.6 Å². The van der Waals surface area contributed by atoms with Crippen molar-refractivity contribution in [3.63, 3.8) is 0 Å². The van der Waals surface area contributed by atoms with Gasteiger partial charge in [-0.25, -0.2) is 0 Å². The van der Waals surface area contributed by atoms with E-state index in [0.29, 0.717) is 36.5 Å². The summed E-state index contributed by atoms with van der Waals surface area (Å²) in [5, 5.41) is 19.3. The van der Waals surface area contributed by atoms with Crippen molar-refractivity contribution in [3.8, 4) is 11.5 Å². The summed E-state index contributed by atoms with van der Waals surface area (Å²) in [6, 6.07) is 31.3. The number of benzene rings is 4. The van der Waals surface area contributed by atoms with Crippen molar-refractivity contribution in [1.29, 1.82) is 0 Å². The van der Waals surface area contributed by atoms with Crippen molar-refractivity contribution in [3.05, 3.63) is 115 Å². The van der Waals surface area contributed by atoms with Gasteiger partial charge in [0.15, 0.2) is 12.2 Å². The number of para-hydroxylation sites is 3. The predicted octanol–water partition coefficient (Wildman–Crippen LogP) is 5.86. The highest BCUT2D eigenvalue weighted by atomic mass is 28.3. The first-order chi connectivity index (χ1) is 25.7. The molecule has 1 aromatic heterocycles. The molecule has 0 aliphatic carbocycles. The van der Waals surface area contributed by atoms with Crippen LogP contribution in [0.3, 0.4) is 0 Å². The van der Waals surface area contributed by atoms with Gasteiger partial charge in [-0.15, -0.1) is 5.10 Å². The number of methoxy groups -OCH3 is 1. The van der Waals surface area contributed by atoms with E-state index in [-0.39, 0.29) is 42.6 Å². The lowest BCUT2D eigenvalue weighted by Gasteiger charge is -2.37. The molecule has 3 aliphatic heterocycles. The number of hydrogen-bond donors (Lipinski definition) is 1. The zero-order chi connectivity index (χ0) is 36.9. The highest BCUT2D eigenvalue weighted by molar-refractivity contribution is 6.91. The number of aliphatic hydroxyl groups excluding tert-OH is 1. The van der Waals surface area contributed by atoms with Gasteiger partial charge in [0.1, 0.15) is 11.5 Å². The van der Waals surface area contributed by atoms with E-state index in [2.05, 4.69) is 42.5 Å². The van der Waals surface area contributed by atoms with Crippen LogP contribution in [-0.4, -0.2) is 66.4 Å². The van der Waals surface area contributed by atoms with Crippen molar-refractivity contribution in [2.75, 3.05) is 30.1 Å². The van der Waals surface area contributed by atoms with Gasteiger partial charge >= 0.3 is 0 Å². The zero-order valence-corrected chi connectivity index (χ0v) is 31.3. The van der Waals surface area contributed by atoms with Gasteiger partial charge < -0.3 is 19.3 Å². The van der Waals surface area contributed by atoms with Crippen LogP contribution in [0.5, 0.6) is 11.5 Å². The first-order valence-corrected chi connectivity index (χ1v) is 21.2. The number of aryl methyl sites for hydroxylation is 1. The number of nitrogens with zero attached hydrogens (tertiary/aromatic N) is 5. The molecule has 5 aromatic rings. The minimum Gasteiger partial charge on any atom is -0.497 e. The number of carbonyl (C=O) groups is 2. The van der Waals surface area contributed by atoms with E-state index in [1.165, 1.54) is 5.19 Å². The molecule has 0 saturated carbocycles. The average molecular weight is 730 g/mol. The molecule has 4 aromatic carbocycles. The molecule has 53 heavy (non-hydrogen) atoms. The van der Waals surface area contributed by atoms with Gasteiger partial charge in [0.05, 0.1) is 38.4 Å². The van der Waals surface area contributed by atoms with E-state index in [4.69, 9.17) is 14.2 Å². The summed E-state index contributed by atoms with van der Waals surface area (Å²) in [4.78, 5) is 32.4. The second kappa shape index (κ2) is 13.6. The third-order valence-electron chi connectivity index (χ3n) is 11.3. The molecule has 8 rings (SSSR count). The SMILES string of the molecule is COc1ccc([Si](C)(C)[C@H]2[C@H](CCn3cc(CCO)nn3)O[C@@]3(C(=O)N(c4ccccc4)c4ccc(N5C(=O)COc6ccccc65)cc43)[C@@H]2C)cc1. The van der Waals surface area contributed by atoms with E-state index in [1.807, 2.05) is 91.1 Å². The number of anilines is 4. The number of rotatable bonds is 10. The monoisotopic (exact) mass is 729 g/mol. The fourth-order valence-electron chi connectivity index (χ4n) is 8.79. The van der Waals surface area contributed by atoms with Crippen LogP contribution >= 0.6 is 0 Å². The Morgan fingerprint density at radius 1 is 0.925 bits per heavy atom. The van der Waals surface area contributed by atoms with Crippen molar-refractivity contribution in [1.82, 2.24) is 15.0 Å². The Labute approximate surface area is 309 Å². The second-order valence-electron chi connectivity index (χ2n) is 14.6. The summed E-state index contributed by atoms with van der Waals surface area (Å²) in [6.45, 7) is 7.31. The fraction of sp³-hybridized carbons (Fsp3) is 0.317. The number of fused-ring (bicyclic) bond motifs is 3. The van der Waals surface area contributed by atoms with Crippen molar-refractivity contribution in [2.24, 2.45) is 5.92 Å². The lowest BCUT2D eigenvalue weighted by Crippen LogP contribution is -2.51. The predicted molar refractivity (Wildman–Crippen MR) is 204 cm³/mol. The highest BCUT2D eigenvalue weighted by Gasteiger charge is 2.66. The first-order valence-electron chi connectivity index (χ1n) is 18.1. The Kier molecular flexibility index (Phi) is 8.92. The van der Waals surface area contributed by atoms with Crippen LogP contribution in [0.2, 0.25) is 18.6 Å². The lowest BCUT2D eigenvalue weighted by atomic mass is 9.82. The Morgan fingerprint density at radius 3 is 2.43 bits per heavy atom. The smallest absolute Gasteiger partial charge is 0.269 e. The van der Waals surface area contributed by atoms with Crippen LogP contribution in [0.15, 0.2) is 103 Å². The summed E-state index contributed by atoms with van der Waals surface area (Å²) in [5.74, 6) is 0.823. The van der Waals surface area contributed by atoms with Crippen LogP contribution < -0.4 is 24.5 Å². The molecule has 0 radical (unpaired) electrons. The third kappa shape index (κ3) is 5.72. The Morgan fingerprint density at radius 2 is 1.68 bits per heavy atom.